The normalized spacial score (nSPS) is 10.2. The predicted octanol–water partition coefficient (Wildman–Crippen LogP) is 3.71. The summed E-state index contributed by atoms with van der Waals surface area (Å²) in [5.41, 5.74) is 1.40. The lowest BCUT2D eigenvalue weighted by Crippen LogP contribution is -2.20. The van der Waals surface area contributed by atoms with Gasteiger partial charge >= 0.3 is 0 Å². The summed E-state index contributed by atoms with van der Waals surface area (Å²) < 4.78 is 5.34. The molecule has 0 atom stereocenters. The minimum atomic E-state index is -0.285. The molecule has 104 valence electrons. The highest BCUT2D eigenvalue weighted by atomic mass is 35.5. The predicted molar refractivity (Wildman–Crippen MR) is 79.6 cm³/mol. The summed E-state index contributed by atoms with van der Waals surface area (Å²) in [5, 5.41) is 3.59. The van der Waals surface area contributed by atoms with Crippen LogP contribution in [0.15, 0.2) is 36.5 Å². The number of rotatable bonds is 4. The molecule has 1 aromatic heterocycles. The number of amides is 1. The molecule has 1 amide bonds. The van der Waals surface area contributed by atoms with Crippen LogP contribution in [0.3, 0.4) is 0 Å². The summed E-state index contributed by atoms with van der Waals surface area (Å²) in [5.74, 6) is 0.126. The van der Waals surface area contributed by atoms with Crippen molar-refractivity contribution in [2.24, 2.45) is 0 Å². The average molecular weight is 311 g/mol. The molecule has 0 aliphatic carbocycles. The van der Waals surface area contributed by atoms with E-state index < -0.39 is 0 Å². The van der Waals surface area contributed by atoms with E-state index >= 15 is 0 Å². The molecule has 0 radical (unpaired) electrons. The van der Waals surface area contributed by atoms with Gasteiger partial charge in [0.15, 0.2) is 6.61 Å². The molecule has 1 heterocycles. The number of hydrogen-bond donors (Lipinski definition) is 1. The third-order valence-corrected chi connectivity index (χ3v) is 3.06. The number of ether oxygens (including phenoxy) is 1. The number of carbonyl (C=O) groups is 1. The molecule has 0 aliphatic rings. The van der Waals surface area contributed by atoms with Crippen molar-refractivity contribution in [1.82, 2.24) is 4.98 Å². The second-order valence-electron chi connectivity index (χ2n) is 4.05. The maximum Gasteiger partial charge on any atom is 0.262 e. The fourth-order valence-corrected chi connectivity index (χ4v) is 2.00. The van der Waals surface area contributed by atoms with Gasteiger partial charge in [0.25, 0.3) is 5.91 Å². The van der Waals surface area contributed by atoms with Gasteiger partial charge in [0.05, 0.1) is 16.4 Å². The van der Waals surface area contributed by atoms with Crippen molar-refractivity contribution in [1.29, 1.82) is 0 Å². The molecule has 0 saturated heterocycles. The van der Waals surface area contributed by atoms with Gasteiger partial charge in [-0.3, -0.25) is 9.78 Å². The first-order chi connectivity index (χ1) is 9.56. The Bertz CT molecular complexity index is 632. The molecule has 20 heavy (non-hydrogen) atoms. The third kappa shape index (κ3) is 3.85. The fraction of sp³-hybridized carbons (Fsp3) is 0.143. The number of benzene rings is 1. The standard InChI is InChI=1S/C14H12Cl2N2O2/c1-9-12(3-2-6-17-9)18-14(19)8-20-13-5-4-10(15)7-11(13)16/h2-7H,8H2,1H3,(H,18,19). The Hall–Kier alpha value is -1.78. The van der Waals surface area contributed by atoms with E-state index in [1.54, 1.807) is 36.5 Å². The summed E-state index contributed by atoms with van der Waals surface area (Å²) in [6.45, 7) is 1.67. The Morgan fingerprint density at radius 1 is 1.35 bits per heavy atom. The molecule has 1 N–H and O–H groups in total. The number of nitrogens with zero attached hydrogens (tertiary/aromatic N) is 1. The van der Waals surface area contributed by atoms with E-state index in [1.165, 1.54) is 0 Å². The number of carbonyl (C=O) groups excluding carboxylic acids is 1. The Labute approximate surface area is 126 Å². The van der Waals surface area contributed by atoms with Crippen molar-refractivity contribution < 1.29 is 9.53 Å². The van der Waals surface area contributed by atoms with Crippen LogP contribution in [-0.4, -0.2) is 17.5 Å². The molecule has 6 heteroatoms. The summed E-state index contributed by atoms with van der Waals surface area (Å²) in [4.78, 5) is 15.9. The third-order valence-electron chi connectivity index (χ3n) is 2.53. The lowest BCUT2D eigenvalue weighted by atomic mass is 10.3. The molecule has 0 bridgehead atoms. The molecule has 0 aliphatic heterocycles. The molecule has 2 rings (SSSR count). The largest absolute Gasteiger partial charge is 0.482 e. The van der Waals surface area contributed by atoms with Crippen LogP contribution in [0, 0.1) is 6.92 Å². The van der Waals surface area contributed by atoms with Crippen LogP contribution in [0.2, 0.25) is 10.0 Å². The number of halogens is 2. The van der Waals surface area contributed by atoms with E-state index in [0.29, 0.717) is 21.5 Å². The van der Waals surface area contributed by atoms with Gasteiger partial charge in [-0.1, -0.05) is 23.2 Å². The highest BCUT2D eigenvalue weighted by Crippen LogP contribution is 2.27. The molecule has 2 aromatic rings. The van der Waals surface area contributed by atoms with E-state index in [4.69, 9.17) is 27.9 Å². The van der Waals surface area contributed by atoms with Gasteiger partial charge in [-0.2, -0.15) is 0 Å². The number of aromatic nitrogens is 1. The van der Waals surface area contributed by atoms with Crippen LogP contribution in [0.4, 0.5) is 5.69 Å². The zero-order valence-corrected chi connectivity index (χ0v) is 12.2. The first-order valence-corrected chi connectivity index (χ1v) is 6.61. The molecular formula is C14H12Cl2N2O2. The molecular weight excluding hydrogens is 299 g/mol. The number of aryl methyl sites for hydroxylation is 1. The molecule has 0 unspecified atom stereocenters. The van der Waals surface area contributed by atoms with E-state index in [9.17, 15) is 4.79 Å². The maximum atomic E-state index is 11.8. The monoisotopic (exact) mass is 310 g/mol. The molecule has 0 fully saturated rings. The first-order valence-electron chi connectivity index (χ1n) is 5.85. The van der Waals surface area contributed by atoms with Gasteiger partial charge in [0.1, 0.15) is 5.75 Å². The highest BCUT2D eigenvalue weighted by Gasteiger charge is 2.08. The number of anilines is 1. The minimum absolute atomic E-state index is 0.143. The highest BCUT2D eigenvalue weighted by molar-refractivity contribution is 6.35. The van der Waals surface area contributed by atoms with Crippen molar-refractivity contribution in [3.8, 4) is 5.75 Å². The van der Waals surface area contributed by atoms with Crippen molar-refractivity contribution in [2.75, 3.05) is 11.9 Å². The lowest BCUT2D eigenvalue weighted by molar-refractivity contribution is -0.118. The van der Waals surface area contributed by atoms with Crippen LogP contribution in [-0.2, 0) is 4.79 Å². The number of hydrogen-bond acceptors (Lipinski definition) is 3. The molecule has 4 nitrogen and oxygen atoms in total. The van der Waals surface area contributed by atoms with Crippen molar-refractivity contribution in [3.63, 3.8) is 0 Å². The Morgan fingerprint density at radius 2 is 2.15 bits per heavy atom. The van der Waals surface area contributed by atoms with Gasteiger partial charge in [-0.25, -0.2) is 0 Å². The van der Waals surface area contributed by atoms with Gasteiger partial charge < -0.3 is 10.1 Å². The summed E-state index contributed by atoms with van der Waals surface area (Å²) in [6.07, 6.45) is 1.66. The van der Waals surface area contributed by atoms with Crippen molar-refractivity contribution >= 4 is 34.8 Å². The topological polar surface area (TPSA) is 51.2 Å². The maximum absolute atomic E-state index is 11.8. The zero-order valence-electron chi connectivity index (χ0n) is 10.7. The summed E-state index contributed by atoms with van der Waals surface area (Å²) in [7, 11) is 0. The molecule has 0 spiro atoms. The lowest BCUT2D eigenvalue weighted by Gasteiger charge is -2.10. The Balaban J connectivity index is 1.94. The van der Waals surface area contributed by atoms with Gasteiger partial charge in [0.2, 0.25) is 0 Å². The van der Waals surface area contributed by atoms with E-state index in [-0.39, 0.29) is 12.5 Å². The minimum Gasteiger partial charge on any atom is -0.482 e. The molecule has 0 saturated carbocycles. The number of pyridine rings is 1. The van der Waals surface area contributed by atoms with Gasteiger partial charge in [0, 0.05) is 11.2 Å². The van der Waals surface area contributed by atoms with Gasteiger partial charge in [-0.15, -0.1) is 0 Å². The van der Waals surface area contributed by atoms with Crippen LogP contribution in [0.5, 0.6) is 5.75 Å². The molecule has 1 aromatic carbocycles. The van der Waals surface area contributed by atoms with E-state index in [0.717, 1.165) is 5.69 Å². The van der Waals surface area contributed by atoms with Crippen LogP contribution in [0.25, 0.3) is 0 Å². The van der Waals surface area contributed by atoms with Crippen LogP contribution >= 0.6 is 23.2 Å². The summed E-state index contributed by atoms with van der Waals surface area (Å²) >= 11 is 11.7. The van der Waals surface area contributed by atoms with Crippen LogP contribution < -0.4 is 10.1 Å². The average Bonchev–Trinajstić information content (AvgIpc) is 2.40. The Kier molecular flexibility index (Phi) is 4.82. The quantitative estimate of drug-likeness (QED) is 0.936. The fourth-order valence-electron chi connectivity index (χ4n) is 1.54. The van der Waals surface area contributed by atoms with Crippen LogP contribution in [0.1, 0.15) is 5.69 Å². The zero-order chi connectivity index (χ0) is 14.5. The van der Waals surface area contributed by atoms with Crippen molar-refractivity contribution in [2.45, 2.75) is 6.92 Å². The Morgan fingerprint density at radius 3 is 2.85 bits per heavy atom. The second kappa shape index (κ2) is 6.59. The number of nitrogens with one attached hydrogen (secondary N) is 1. The SMILES string of the molecule is Cc1ncccc1NC(=O)COc1ccc(Cl)cc1Cl. The van der Waals surface area contributed by atoms with Crippen molar-refractivity contribution in [3.05, 3.63) is 52.3 Å². The van der Waals surface area contributed by atoms with E-state index in [2.05, 4.69) is 10.3 Å². The summed E-state index contributed by atoms with van der Waals surface area (Å²) in [6, 6.07) is 8.34. The van der Waals surface area contributed by atoms with E-state index in [1.807, 2.05) is 6.92 Å². The van der Waals surface area contributed by atoms with Gasteiger partial charge in [-0.05, 0) is 37.3 Å². The smallest absolute Gasteiger partial charge is 0.262 e. The second-order valence-corrected chi connectivity index (χ2v) is 4.89. The first kappa shape index (κ1) is 14.6.